The Kier molecular flexibility index (Phi) is 9.11. The zero-order valence-corrected chi connectivity index (χ0v) is 24.1. The van der Waals surface area contributed by atoms with E-state index in [1.807, 2.05) is 60.7 Å². The molecule has 0 aliphatic heterocycles. The highest BCUT2D eigenvalue weighted by Gasteiger charge is 2.43. The molecule has 216 valence electrons. The van der Waals surface area contributed by atoms with Gasteiger partial charge in [0.15, 0.2) is 5.78 Å². The van der Waals surface area contributed by atoms with Gasteiger partial charge in [-0.3, -0.25) is 14.6 Å². The van der Waals surface area contributed by atoms with Crippen LogP contribution in [0.1, 0.15) is 78.1 Å². The number of amides is 1. The van der Waals surface area contributed by atoms with Crippen LogP contribution in [0, 0.1) is 0 Å². The van der Waals surface area contributed by atoms with Crippen LogP contribution in [0.25, 0.3) is 10.9 Å². The van der Waals surface area contributed by atoms with Gasteiger partial charge in [-0.25, -0.2) is 4.79 Å². The van der Waals surface area contributed by atoms with Crippen molar-refractivity contribution in [3.05, 3.63) is 113 Å². The minimum absolute atomic E-state index is 0.103. The Bertz CT molecular complexity index is 1550. The van der Waals surface area contributed by atoms with Gasteiger partial charge in [0.2, 0.25) is 5.91 Å². The summed E-state index contributed by atoms with van der Waals surface area (Å²) in [5.74, 6) is -1.13. The zero-order valence-electron chi connectivity index (χ0n) is 24.1. The first-order chi connectivity index (χ1) is 20.4. The molecular weight excluding hydrogens is 524 g/mol. The van der Waals surface area contributed by atoms with Crippen LogP contribution in [-0.4, -0.2) is 33.8 Å². The first-order valence-corrected chi connectivity index (χ1v) is 15.0. The van der Waals surface area contributed by atoms with E-state index in [-0.39, 0.29) is 18.1 Å². The van der Waals surface area contributed by atoms with E-state index < -0.39 is 17.4 Å². The molecule has 6 heteroatoms. The molecule has 0 saturated heterocycles. The molecule has 1 atom stereocenters. The van der Waals surface area contributed by atoms with Gasteiger partial charge in [-0.1, -0.05) is 86.5 Å². The van der Waals surface area contributed by atoms with Crippen molar-refractivity contribution in [3.8, 4) is 0 Å². The molecule has 6 nitrogen and oxygen atoms in total. The van der Waals surface area contributed by atoms with Crippen LogP contribution in [0.15, 0.2) is 85.1 Å². The van der Waals surface area contributed by atoms with E-state index in [0.717, 1.165) is 66.1 Å². The maximum absolute atomic E-state index is 13.6. The van der Waals surface area contributed by atoms with E-state index in [2.05, 4.69) is 29.4 Å². The monoisotopic (exact) mass is 562 g/mol. The zero-order chi connectivity index (χ0) is 29.5. The number of carbonyl (C=O) groups excluding carboxylic acids is 2. The Labute approximate surface area is 247 Å². The average molecular weight is 563 g/mol. The smallest absolute Gasteiger partial charge is 0.326 e. The van der Waals surface area contributed by atoms with E-state index in [1.54, 1.807) is 12.3 Å². The SMILES string of the molecule is CCc1ccc(C2(C(=O)NC(Cc3ccc(CCCC(=O)c4ccnc5ccccc45)cc3)C(=O)O)CCCC2)cc1. The number of aryl methyl sites for hydroxylation is 2. The van der Waals surface area contributed by atoms with Gasteiger partial charge in [-0.2, -0.15) is 0 Å². The minimum Gasteiger partial charge on any atom is -0.480 e. The summed E-state index contributed by atoms with van der Waals surface area (Å²) in [5, 5.41) is 13.7. The molecule has 5 rings (SSSR count). The third-order valence-electron chi connectivity index (χ3n) is 8.69. The van der Waals surface area contributed by atoms with Crippen LogP contribution in [0.3, 0.4) is 0 Å². The van der Waals surface area contributed by atoms with Gasteiger partial charge in [0.05, 0.1) is 10.9 Å². The summed E-state index contributed by atoms with van der Waals surface area (Å²) in [7, 11) is 0. The number of fused-ring (bicyclic) bond motifs is 1. The number of Topliss-reactive ketones (excluding diaryl/α,β-unsaturated/α-hetero) is 1. The summed E-state index contributed by atoms with van der Waals surface area (Å²) in [6.45, 7) is 2.10. The summed E-state index contributed by atoms with van der Waals surface area (Å²) in [4.78, 5) is 43.1. The number of ketones is 1. The second-order valence-electron chi connectivity index (χ2n) is 11.4. The van der Waals surface area contributed by atoms with Crippen molar-refractivity contribution in [3.63, 3.8) is 0 Å². The topological polar surface area (TPSA) is 96.4 Å². The predicted molar refractivity (Wildman–Crippen MR) is 165 cm³/mol. The van der Waals surface area contributed by atoms with Gasteiger partial charge in [0.25, 0.3) is 0 Å². The molecule has 1 amide bonds. The fourth-order valence-electron chi connectivity index (χ4n) is 6.19. The van der Waals surface area contributed by atoms with Gasteiger partial charge in [-0.15, -0.1) is 0 Å². The van der Waals surface area contributed by atoms with E-state index in [0.29, 0.717) is 18.4 Å². The maximum atomic E-state index is 13.6. The lowest BCUT2D eigenvalue weighted by molar-refractivity contribution is -0.142. The molecule has 4 aromatic rings. The number of carbonyl (C=O) groups is 3. The molecule has 42 heavy (non-hydrogen) atoms. The standard InChI is InChI=1S/C36H38N2O4/c1-2-25-16-18-28(19-17-25)36(21-5-6-22-36)35(42)38-32(34(40)41)24-27-14-12-26(13-15-27)8-7-11-33(39)30-20-23-37-31-10-4-3-9-29(30)31/h3-4,9-10,12-20,23,32H,2,5-8,11,21-22,24H2,1H3,(H,38,42)(H,40,41). The van der Waals surface area contributed by atoms with Crippen LogP contribution in [-0.2, 0) is 34.3 Å². The highest BCUT2D eigenvalue weighted by Crippen LogP contribution is 2.41. The number of benzene rings is 3. The van der Waals surface area contributed by atoms with Gasteiger partial charge >= 0.3 is 5.97 Å². The van der Waals surface area contributed by atoms with Crippen molar-refractivity contribution < 1.29 is 19.5 Å². The largest absolute Gasteiger partial charge is 0.480 e. The van der Waals surface area contributed by atoms with E-state index >= 15 is 0 Å². The molecule has 2 N–H and O–H groups in total. The normalized spacial score (nSPS) is 14.9. The number of nitrogens with zero attached hydrogens (tertiary/aromatic N) is 1. The number of pyridine rings is 1. The van der Waals surface area contributed by atoms with E-state index in [1.165, 1.54) is 5.56 Å². The number of rotatable bonds is 12. The number of aliphatic carboxylic acids is 1. The minimum atomic E-state index is -1.04. The van der Waals surface area contributed by atoms with Crippen molar-refractivity contribution in [1.82, 2.24) is 10.3 Å². The van der Waals surface area contributed by atoms with Crippen molar-refractivity contribution in [2.75, 3.05) is 0 Å². The lowest BCUT2D eigenvalue weighted by Crippen LogP contribution is -2.50. The van der Waals surface area contributed by atoms with Crippen LogP contribution in [0.5, 0.6) is 0 Å². The lowest BCUT2D eigenvalue weighted by atomic mass is 9.77. The molecule has 1 saturated carbocycles. The van der Waals surface area contributed by atoms with Gasteiger partial charge in [0, 0.05) is 30.0 Å². The number of hydrogen-bond donors (Lipinski definition) is 2. The molecule has 0 spiro atoms. The lowest BCUT2D eigenvalue weighted by Gasteiger charge is -2.30. The van der Waals surface area contributed by atoms with Crippen LogP contribution in [0.2, 0.25) is 0 Å². The average Bonchev–Trinajstić information content (AvgIpc) is 3.52. The Hall–Kier alpha value is -4.32. The number of para-hydroxylation sites is 1. The van der Waals surface area contributed by atoms with Gasteiger partial charge in [0.1, 0.15) is 6.04 Å². The third kappa shape index (κ3) is 6.43. The predicted octanol–water partition coefficient (Wildman–Crippen LogP) is 6.63. The Morgan fingerprint density at radius 3 is 2.24 bits per heavy atom. The molecule has 1 heterocycles. The number of aromatic nitrogens is 1. The highest BCUT2D eigenvalue weighted by atomic mass is 16.4. The van der Waals surface area contributed by atoms with Crippen LogP contribution >= 0.6 is 0 Å². The second-order valence-corrected chi connectivity index (χ2v) is 11.4. The first kappa shape index (κ1) is 29.2. The van der Waals surface area contributed by atoms with Gasteiger partial charge < -0.3 is 10.4 Å². The van der Waals surface area contributed by atoms with Crippen molar-refractivity contribution in [1.29, 1.82) is 0 Å². The molecule has 1 fully saturated rings. The molecule has 1 unspecified atom stereocenters. The molecular formula is C36H38N2O4. The highest BCUT2D eigenvalue weighted by molar-refractivity contribution is 6.07. The maximum Gasteiger partial charge on any atom is 0.326 e. The molecule has 0 bridgehead atoms. The number of carboxylic acids is 1. The quantitative estimate of drug-likeness (QED) is 0.189. The van der Waals surface area contributed by atoms with Crippen molar-refractivity contribution >= 4 is 28.6 Å². The molecule has 1 aliphatic carbocycles. The summed E-state index contributed by atoms with van der Waals surface area (Å²) in [6, 6.07) is 24.4. The number of carboxylic acid groups (broad SMARTS) is 1. The summed E-state index contributed by atoms with van der Waals surface area (Å²) < 4.78 is 0. The van der Waals surface area contributed by atoms with E-state index in [9.17, 15) is 19.5 Å². The Morgan fingerprint density at radius 2 is 1.55 bits per heavy atom. The van der Waals surface area contributed by atoms with Gasteiger partial charge in [-0.05, 0) is 66.5 Å². The Morgan fingerprint density at radius 1 is 0.881 bits per heavy atom. The number of nitrogens with one attached hydrogen (secondary N) is 1. The molecule has 3 aromatic carbocycles. The van der Waals surface area contributed by atoms with Crippen molar-refractivity contribution in [2.45, 2.75) is 76.2 Å². The molecule has 0 radical (unpaired) electrons. The Balaban J connectivity index is 1.18. The summed E-state index contributed by atoms with van der Waals surface area (Å²) >= 11 is 0. The van der Waals surface area contributed by atoms with Crippen LogP contribution in [0.4, 0.5) is 0 Å². The van der Waals surface area contributed by atoms with E-state index in [4.69, 9.17) is 0 Å². The fourth-order valence-corrected chi connectivity index (χ4v) is 6.19. The van der Waals surface area contributed by atoms with Crippen LogP contribution < -0.4 is 5.32 Å². The molecule has 1 aliphatic rings. The fraction of sp³-hybridized carbons (Fsp3) is 0.333. The molecule has 1 aromatic heterocycles. The summed E-state index contributed by atoms with van der Waals surface area (Å²) in [6.07, 6.45) is 8.07. The second kappa shape index (κ2) is 13.1. The first-order valence-electron chi connectivity index (χ1n) is 15.0. The third-order valence-corrected chi connectivity index (χ3v) is 8.69. The van der Waals surface area contributed by atoms with Crippen molar-refractivity contribution in [2.24, 2.45) is 0 Å². The number of hydrogen-bond acceptors (Lipinski definition) is 4. The summed E-state index contributed by atoms with van der Waals surface area (Å²) in [5.41, 5.74) is 4.96.